The lowest BCUT2D eigenvalue weighted by Gasteiger charge is -2.32. The Morgan fingerprint density at radius 3 is 2.48 bits per heavy atom. The molecule has 1 aromatic heterocycles. The number of ether oxygens (including phenoxy) is 1. The topological polar surface area (TPSA) is 37.4 Å². The molecule has 27 heavy (non-hydrogen) atoms. The van der Waals surface area contributed by atoms with Crippen LogP contribution in [-0.4, -0.2) is 25.2 Å². The van der Waals surface area contributed by atoms with E-state index in [-0.39, 0.29) is 0 Å². The molecule has 1 saturated heterocycles. The largest absolute Gasteiger partial charge is 0.497 e. The van der Waals surface area contributed by atoms with Gasteiger partial charge in [0.2, 0.25) is 0 Å². The van der Waals surface area contributed by atoms with Crippen molar-refractivity contribution in [1.29, 1.82) is 0 Å². The van der Waals surface area contributed by atoms with Gasteiger partial charge >= 0.3 is 0 Å². The molecular formula is C23H27N3O. The predicted octanol–water partition coefficient (Wildman–Crippen LogP) is 5.53. The van der Waals surface area contributed by atoms with Crippen molar-refractivity contribution in [2.75, 3.05) is 30.4 Å². The average Bonchev–Trinajstić information content (AvgIpc) is 2.69. The summed E-state index contributed by atoms with van der Waals surface area (Å²) in [5, 5.41) is 4.63. The molecule has 4 rings (SSSR count). The highest BCUT2D eigenvalue weighted by Gasteiger charge is 2.16. The molecule has 1 N–H and O–H groups in total. The molecule has 0 spiro atoms. The Labute approximate surface area is 161 Å². The average molecular weight is 361 g/mol. The van der Waals surface area contributed by atoms with Gasteiger partial charge in [-0.2, -0.15) is 0 Å². The van der Waals surface area contributed by atoms with Crippen molar-refractivity contribution in [3.63, 3.8) is 0 Å². The van der Waals surface area contributed by atoms with Crippen molar-refractivity contribution >= 4 is 28.0 Å². The van der Waals surface area contributed by atoms with Crippen molar-refractivity contribution in [1.82, 2.24) is 4.98 Å². The predicted molar refractivity (Wildman–Crippen MR) is 113 cm³/mol. The molecule has 140 valence electrons. The van der Waals surface area contributed by atoms with Gasteiger partial charge in [0.1, 0.15) is 5.75 Å². The minimum atomic E-state index is 0.839. The van der Waals surface area contributed by atoms with E-state index in [1.807, 2.05) is 25.1 Å². The zero-order chi connectivity index (χ0) is 18.8. The van der Waals surface area contributed by atoms with E-state index in [9.17, 15) is 0 Å². The number of pyridine rings is 1. The van der Waals surface area contributed by atoms with E-state index in [0.717, 1.165) is 52.7 Å². The maximum atomic E-state index is 5.39. The molecule has 2 heterocycles. The van der Waals surface area contributed by atoms with Crippen LogP contribution in [0.1, 0.15) is 25.5 Å². The summed E-state index contributed by atoms with van der Waals surface area (Å²) in [6.07, 6.45) is 2.56. The van der Waals surface area contributed by atoms with E-state index < -0.39 is 0 Å². The number of anilines is 3. The monoisotopic (exact) mass is 361 g/mol. The molecule has 0 bridgehead atoms. The molecule has 4 nitrogen and oxygen atoms in total. The summed E-state index contributed by atoms with van der Waals surface area (Å²) >= 11 is 0. The van der Waals surface area contributed by atoms with Crippen LogP contribution in [0.3, 0.4) is 0 Å². The second kappa shape index (κ2) is 7.47. The SMILES string of the molecule is COc1ccc2nc(C)cc(Nc3ccc(N4CCC(C)CC4)cc3)c2c1. The number of aromatic nitrogens is 1. The van der Waals surface area contributed by atoms with Crippen molar-refractivity contribution < 1.29 is 4.74 Å². The number of hydrogen-bond donors (Lipinski definition) is 1. The molecule has 0 amide bonds. The molecule has 1 aliphatic heterocycles. The lowest BCUT2D eigenvalue weighted by atomic mass is 9.99. The van der Waals surface area contributed by atoms with Crippen LogP contribution in [-0.2, 0) is 0 Å². The quantitative estimate of drug-likeness (QED) is 0.663. The zero-order valence-corrected chi connectivity index (χ0v) is 16.3. The maximum absolute atomic E-state index is 5.39. The molecule has 4 heteroatoms. The second-order valence-electron chi connectivity index (χ2n) is 7.54. The molecule has 1 fully saturated rings. The lowest BCUT2D eigenvalue weighted by molar-refractivity contribution is 0.415. The van der Waals surface area contributed by atoms with Crippen LogP contribution in [0, 0.1) is 12.8 Å². The number of rotatable bonds is 4. The van der Waals surface area contributed by atoms with Crippen molar-refractivity contribution in [3.05, 3.63) is 54.2 Å². The Kier molecular flexibility index (Phi) is 4.88. The molecule has 0 unspecified atom stereocenters. The van der Waals surface area contributed by atoms with E-state index in [2.05, 4.69) is 52.5 Å². The normalized spacial score (nSPS) is 15.1. The molecule has 0 aliphatic carbocycles. The van der Waals surface area contributed by atoms with E-state index in [1.54, 1.807) is 7.11 Å². The highest BCUT2D eigenvalue weighted by atomic mass is 16.5. The third-order valence-electron chi connectivity index (χ3n) is 5.44. The number of aryl methyl sites for hydroxylation is 1. The maximum Gasteiger partial charge on any atom is 0.119 e. The van der Waals surface area contributed by atoms with Gasteiger partial charge in [0, 0.05) is 41.2 Å². The molecular weight excluding hydrogens is 334 g/mol. The van der Waals surface area contributed by atoms with Crippen molar-refractivity contribution in [3.8, 4) is 5.75 Å². The van der Waals surface area contributed by atoms with Gasteiger partial charge in [0.05, 0.1) is 12.6 Å². The summed E-state index contributed by atoms with van der Waals surface area (Å²) in [6, 6.07) is 16.8. The Bertz CT molecular complexity index is 928. The molecule has 0 saturated carbocycles. The summed E-state index contributed by atoms with van der Waals surface area (Å²) in [7, 11) is 1.69. The Morgan fingerprint density at radius 1 is 1.04 bits per heavy atom. The number of benzene rings is 2. The summed E-state index contributed by atoms with van der Waals surface area (Å²) in [4.78, 5) is 7.12. The molecule has 0 atom stereocenters. The highest BCUT2D eigenvalue weighted by molar-refractivity contribution is 5.94. The molecule has 3 aromatic rings. The van der Waals surface area contributed by atoms with Gasteiger partial charge in [0.25, 0.3) is 0 Å². The van der Waals surface area contributed by atoms with Gasteiger partial charge in [-0.25, -0.2) is 0 Å². The third-order valence-corrected chi connectivity index (χ3v) is 5.44. The Morgan fingerprint density at radius 2 is 1.78 bits per heavy atom. The minimum absolute atomic E-state index is 0.839. The summed E-state index contributed by atoms with van der Waals surface area (Å²) in [6.45, 7) is 6.68. The van der Waals surface area contributed by atoms with Crippen LogP contribution >= 0.6 is 0 Å². The van der Waals surface area contributed by atoms with E-state index in [0.29, 0.717) is 0 Å². The fourth-order valence-corrected chi connectivity index (χ4v) is 3.75. The van der Waals surface area contributed by atoms with Crippen LogP contribution in [0.25, 0.3) is 10.9 Å². The number of hydrogen-bond acceptors (Lipinski definition) is 4. The van der Waals surface area contributed by atoms with Crippen LogP contribution in [0.15, 0.2) is 48.5 Å². The van der Waals surface area contributed by atoms with Gasteiger partial charge in [-0.3, -0.25) is 4.98 Å². The third kappa shape index (κ3) is 3.85. The first-order valence-corrected chi connectivity index (χ1v) is 9.70. The first kappa shape index (κ1) is 17.7. The van der Waals surface area contributed by atoms with Crippen LogP contribution in [0.4, 0.5) is 17.1 Å². The first-order valence-electron chi connectivity index (χ1n) is 9.70. The van der Waals surface area contributed by atoms with Gasteiger partial charge in [-0.05, 0) is 74.2 Å². The Balaban J connectivity index is 1.58. The standard InChI is InChI=1S/C23H27N3O/c1-16-10-12-26(13-11-16)19-6-4-18(5-7-19)25-23-14-17(2)24-22-9-8-20(27-3)15-21(22)23/h4-9,14-16H,10-13H2,1-3H3,(H,24,25). The van der Waals surface area contributed by atoms with Gasteiger partial charge in [-0.15, -0.1) is 0 Å². The number of nitrogens with zero attached hydrogens (tertiary/aromatic N) is 2. The Hall–Kier alpha value is -2.75. The molecule has 0 radical (unpaired) electrons. The number of methoxy groups -OCH3 is 1. The number of piperidine rings is 1. The zero-order valence-electron chi connectivity index (χ0n) is 16.3. The minimum Gasteiger partial charge on any atom is -0.497 e. The fourth-order valence-electron chi connectivity index (χ4n) is 3.75. The first-order chi connectivity index (χ1) is 13.1. The van der Waals surface area contributed by atoms with E-state index >= 15 is 0 Å². The fraction of sp³-hybridized carbons (Fsp3) is 0.348. The van der Waals surface area contributed by atoms with Gasteiger partial charge < -0.3 is 15.0 Å². The molecule has 2 aromatic carbocycles. The smallest absolute Gasteiger partial charge is 0.119 e. The summed E-state index contributed by atoms with van der Waals surface area (Å²) < 4.78 is 5.39. The number of nitrogens with one attached hydrogen (secondary N) is 1. The van der Waals surface area contributed by atoms with Crippen molar-refractivity contribution in [2.24, 2.45) is 5.92 Å². The summed E-state index contributed by atoms with van der Waals surface area (Å²) in [5.41, 5.74) is 5.41. The van der Waals surface area contributed by atoms with Gasteiger partial charge in [0.15, 0.2) is 0 Å². The van der Waals surface area contributed by atoms with Crippen LogP contribution < -0.4 is 15.0 Å². The second-order valence-corrected chi connectivity index (χ2v) is 7.54. The van der Waals surface area contributed by atoms with Crippen LogP contribution in [0.5, 0.6) is 5.75 Å². The summed E-state index contributed by atoms with van der Waals surface area (Å²) in [5.74, 6) is 1.69. The van der Waals surface area contributed by atoms with E-state index in [1.165, 1.54) is 18.5 Å². The lowest BCUT2D eigenvalue weighted by Crippen LogP contribution is -2.32. The highest BCUT2D eigenvalue weighted by Crippen LogP contribution is 2.31. The molecule has 1 aliphatic rings. The van der Waals surface area contributed by atoms with Crippen LogP contribution in [0.2, 0.25) is 0 Å². The van der Waals surface area contributed by atoms with E-state index in [4.69, 9.17) is 4.74 Å². The van der Waals surface area contributed by atoms with Gasteiger partial charge in [-0.1, -0.05) is 6.92 Å². The van der Waals surface area contributed by atoms with Crippen molar-refractivity contribution in [2.45, 2.75) is 26.7 Å². The number of fused-ring (bicyclic) bond motifs is 1.